The number of benzene rings is 2. The first-order valence-corrected chi connectivity index (χ1v) is 9.52. The molecule has 0 amide bonds. The molecule has 5 rings (SSSR count). The summed E-state index contributed by atoms with van der Waals surface area (Å²) >= 11 is 0. The van der Waals surface area contributed by atoms with Crippen LogP contribution in [0.15, 0.2) is 42.6 Å². The van der Waals surface area contributed by atoms with Gasteiger partial charge in [-0.1, -0.05) is 18.2 Å². The summed E-state index contributed by atoms with van der Waals surface area (Å²) in [5.41, 5.74) is 4.99. The topological polar surface area (TPSA) is 59.3 Å². The number of nitrogens with one attached hydrogen (secondary N) is 1. The van der Waals surface area contributed by atoms with Crippen molar-refractivity contribution in [2.24, 2.45) is 7.05 Å². The standard InChI is InChI=1S/C22H23N3O2/c1-25-13-18-10-16(4-5-20(18)24-25)19-11-17-3-2-15(12-21(17)27-22(19)26)14-6-8-23-9-7-14/h2-5,10-14,22-23,26H,6-9H2,1H3. The van der Waals surface area contributed by atoms with E-state index in [1.165, 1.54) is 5.56 Å². The Bertz CT molecular complexity index is 1030. The molecule has 0 bridgehead atoms. The number of nitrogens with zero attached hydrogens (tertiary/aromatic N) is 2. The molecule has 0 saturated carbocycles. The van der Waals surface area contributed by atoms with Crippen molar-refractivity contribution < 1.29 is 9.84 Å². The third kappa shape index (κ3) is 3.03. The zero-order valence-electron chi connectivity index (χ0n) is 15.4. The van der Waals surface area contributed by atoms with E-state index in [9.17, 15) is 5.11 Å². The van der Waals surface area contributed by atoms with Crippen LogP contribution in [0.2, 0.25) is 0 Å². The molecule has 138 valence electrons. The van der Waals surface area contributed by atoms with E-state index in [1.54, 1.807) is 4.68 Å². The van der Waals surface area contributed by atoms with E-state index in [0.29, 0.717) is 5.92 Å². The lowest BCUT2D eigenvalue weighted by molar-refractivity contribution is 0.0319. The van der Waals surface area contributed by atoms with Crippen LogP contribution in [0.1, 0.15) is 35.4 Å². The lowest BCUT2D eigenvalue weighted by Crippen LogP contribution is -2.27. The minimum absolute atomic E-state index is 0.565. The van der Waals surface area contributed by atoms with E-state index in [1.807, 2.05) is 31.5 Å². The van der Waals surface area contributed by atoms with Crippen LogP contribution < -0.4 is 10.1 Å². The number of fused-ring (bicyclic) bond motifs is 2. The molecule has 1 atom stereocenters. The number of hydrogen-bond donors (Lipinski definition) is 2. The van der Waals surface area contributed by atoms with Crippen molar-refractivity contribution in [3.8, 4) is 5.75 Å². The number of hydrogen-bond acceptors (Lipinski definition) is 4. The van der Waals surface area contributed by atoms with Crippen molar-refractivity contribution in [3.05, 3.63) is 59.3 Å². The molecule has 27 heavy (non-hydrogen) atoms. The number of rotatable bonds is 2. The first-order chi connectivity index (χ1) is 13.2. The van der Waals surface area contributed by atoms with Crippen LogP contribution in [0.25, 0.3) is 22.6 Å². The molecule has 2 aromatic carbocycles. The molecular weight excluding hydrogens is 338 g/mol. The van der Waals surface area contributed by atoms with Gasteiger partial charge in [-0.15, -0.1) is 0 Å². The van der Waals surface area contributed by atoms with Gasteiger partial charge in [-0.3, -0.25) is 4.68 Å². The highest BCUT2D eigenvalue weighted by Gasteiger charge is 2.24. The van der Waals surface area contributed by atoms with Crippen LogP contribution in [-0.2, 0) is 7.05 Å². The van der Waals surface area contributed by atoms with Gasteiger partial charge >= 0.3 is 0 Å². The molecule has 5 heteroatoms. The maximum atomic E-state index is 10.6. The van der Waals surface area contributed by atoms with E-state index < -0.39 is 6.29 Å². The molecule has 3 heterocycles. The van der Waals surface area contributed by atoms with Gasteiger partial charge in [-0.2, -0.15) is 5.10 Å². The lowest BCUT2D eigenvalue weighted by Gasteiger charge is -2.27. The zero-order chi connectivity index (χ0) is 18.4. The maximum absolute atomic E-state index is 10.6. The summed E-state index contributed by atoms with van der Waals surface area (Å²) in [6, 6.07) is 12.4. The van der Waals surface area contributed by atoms with Crippen LogP contribution in [0.5, 0.6) is 5.75 Å². The second kappa shape index (κ2) is 6.51. The fourth-order valence-electron chi connectivity index (χ4n) is 4.16. The summed E-state index contributed by atoms with van der Waals surface area (Å²) in [5.74, 6) is 1.33. The molecule has 0 radical (unpaired) electrons. The molecule has 1 fully saturated rings. The fourth-order valence-corrected chi connectivity index (χ4v) is 4.16. The third-order valence-electron chi connectivity index (χ3n) is 5.62. The summed E-state index contributed by atoms with van der Waals surface area (Å²) < 4.78 is 7.70. The molecule has 2 N–H and O–H groups in total. The highest BCUT2D eigenvalue weighted by atomic mass is 16.6. The van der Waals surface area contributed by atoms with E-state index >= 15 is 0 Å². The van der Waals surface area contributed by atoms with E-state index in [0.717, 1.165) is 59.3 Å². The lowest BCUT2D eigenvalue weighted by atomic mass is 9.88. The molecule has 1 unspecified atom stereocenters. The maximum Gasteiger partial charge on any atom is 0.224 e. The SMILES string of the molecule is Cn1cc2cc(C3=Cc4ccc(C5CCNCC5)cc4OC3O)ccc2n1. The monoisotopic (exact) mass is 361 g/mol. The molecule has 2 aliphatic heterocycles. The number of aliphatic hydroxyl groups excluding tert-OH is 1. The minimum atomic E-state index is -0.963. The Balaban J connectivity index is 1.50. The molecule has 0 spiro atoms. The number of aryl methyl sites for hydroxylation is 1. The molecule has 1 saturated heterocycles. The predicted octanol–water partition coefficient (Wildman–Crippen LogP) is 3.29. The van der Waals surface area contributed by atoms with Crippen molar-refractivity contribution in [1.29, 1.82) is 0 Å². The van der Waals surface area contributed by atoms with Crippen molar-refractivity contribution in [2.75, 3.05) is 13.1 Å². The van der Waals surface area contributed by atoms with Crippen LogP contribution in [0.3, 0.4) is 0 Å². The normalized spacial score (nSPS) is 20.2. The van der Waals surface area contributed by atoms with Crippen LogP contribution in [0.4, 0.5) is 0 Å². The summed E-state index contributed by atoms with van der Waals surface area (Å²) in [4.78, 5) is 0. The van der Waals surface area contributed by atoms with Gasteiger partial charge in [0.05, 0.1) is 5.52 Å². The zero-order valence-corrected chi connectivity index (χ0v) is 15.4. The van der Waals surface area contributed by atoms with Crippen LogP contribution in [-0.4, -0.2) is 34.3 Å². The minimum Gasteiger partial charge on any atom is -0.460 e. The first-order valence-electron chi connectivity index (χ1n) is 9.52. The first kappa shape index (κ1) is 16.5. The van der Waals surface area contributed by atoms with Gasteiger partial charge in [0.2, 0.25) is 6.29 Å². The van der Waals surface area contributed by atoms with E-state index in [2.05, 4.69) is 34.7 Å². The Morgan fingerprint density at radius 1 is 1.15 bits per heavy atom. The largest absolute Gasteiger partial charge is 0.460 e. The van der Waals surface area contributed by atoms with Crippen LogP contribution in [0, 0.1) is 0 Å². The average Bonchev–Trinajstić information content (AvgIpc) is 3.07. The Morgan fingerprint density at radius 3 is 2.85 bits per heavy atom. The number of aromatic nitrogens is 2. The highest BCUT2D eigenvalue weighted by Crippen LogP contribution is 2.37. The molecule has 0 aliphatic carbocycles. The van der Waals surface area contributed by atoms with Gasteiger partial charge in [-0.05, 0) is 67.3 Å². The number of ether oxygens (including phenoxy) is 1. The molecular formula is C22H23N3O2. The van der Waals surface area contributed by atoms with Crippen molar-refractivity contribution >= 4 is 22.6 Å². The van der Waals surface area contributed by atoms with E-state index in [4.69, 9.17) is 4.74 Å². The van der Waals surface area contributed by atoms with Gasteiger partial charge in [0.15, 0.2) is 0 Å². The van der Waals surface area contributed by atoms with Gasteiger partial charge in [-0.25, -0.2) is 0 Å². The van der Waals surface area contributed by atoms with Gasteiger partial charge in [0, 0.05) is 29.8 Å². The number of aliphatic hydroxyl groups is 1. The number of piperidine rings is 1. The van der Waals surface area contributed by atoms with Crippen molar-refractivity contribution in [2.45, 2.75) is 25.0 Å². The highest BCUT2D eigenvalue weighted by molar-refractivity contribution is 5.90. The van der Waals surface area contributed by atoms with Crippen molar-refractivity contribution in [3.63, 3.8) is 0 Å². The fraction of sp³-hybridized carbons (Fsp3) is 0.318. The summed E-state index contributed by atoms with van der Waals surface area (Å²) in [5, 5.41) is 19.5. The van der Waals surface area contributed by atoms with Gasteiger partial charge in [0.1, 0.15) is 5.75 Å². The smallest absolute Gasteiger partial charge is 0.224 e. The van der Waals surface area contributed by atoms with Crippen LogP contribution >= 0.6 is 0 Å². The quantitative estimate of drug-likeness (QED) is 0.735. The predicted molar refractivity (Wildman–Crippen MR) is 107 cm³/mol. The summed E-state index contributed by atoms with van der Waals surface area (Å²) in [7, 11) is 1.91. The molecule has 1 aromatic heterocycles. The second-order valence-corrected chi connectivity index (χ2v) is 7.47. The van der Waals surface area contributed by atoms with Crippen molar-refractivity contribution in [1.82, 2.24) is 15.1 Å². The molecule has 2 aliphatic rings. The Morgan fingerprint density at radius 2 is 2.00 bits per heavy atom. The Kier molecular flexibility index (Phi) is 3.99. The van der Waals surface area contributed by atoms with E-state index in [-0.39, 0.29) is 0 Å². The summed E-state index contributed by atoms with van der Waals surface area (Å²) in [6.07, 6.45) is 5.35. The third-order valence-corrected chi connectivity index (χ3v) is 5.62. The Labute approximate surface area is 158 Å². The second-order valence-electron chi connectivity index (χ2n) is 7.47. The van der Waals surface area contributed by atoms with Gasteiger partial charge in [0.25, 0.3) is 0 Å². The average molecular weight is 361 g/mol. The summed E-state index contributed by atoms with van der Waals surface area (Å²) in [6.45, 7) is 2.12. The van der Waals surface area contributed by atoms with Gasteiger partial charge < -0.3 is 15.2 Å². The molecule has 3 aromatic rings. The Hall–Kier alpha value is -2.63. The molecule has 5 nitrogen and oxygen atoms in total.